The highest BCUT2D eigenvalue weighted by Crippen LogP contribution is 2.10. The quantitative estimate of drug-likeness (QED) is 0.800. The minimum absolute atomic E-state index is 0.155. The molecule has 1 heterocycles. The van der Waals surface area contributed by atoms with E-state index in [4.69, 9.17) is 4.74 Å². The van der Waals surface area contributed by atoms with Crippen molar-refractivity contribution in [2.75, 3.05) is 7.11 Å². The number of ether oxygens (including phenoxy) is 1. The van der Waals surface area contributed by atoms with Gasteiger partial charge in [0, 0.05) is 31.8 Å². The van der Waals surface area contributed by atoms with E-state index in [2.05, 4.69) is 10.3 Å². The van der Waals surface area contributed by atoms with Gasteiger partial charge in [-0.1, -0.05) is 12.1 Å². The summed E-state index contributed by atoms with van der Waals surface area (Å²) >= 11 is 0. The number of aryl methyl sites for hydroxylation is 1. The number of benzene rings is 1. The van der Waals surface area contributed by atoms with Crippen molar-refractivity contribution in [1.82, 2.24) is 14.9 Å². The molecule has 0 spiro atoms. The third kappa shape index (κ3) is 4.34. The maximum atomic E-state index is 11.8. The Labute approximate surface area is 126 Å². The molecule has 0 fully saturated rings. The summed E-state index contributed by atoms with van der Waals surface area (Å²) in [6, 6.07) is 8.62. The summed E-state index contributed by atoms with van der Waals surface area (Å²) in [7, 11) is 1.59. The Hall–Kier alpha value is -2.83. The lowest BCUT2D eigenvalue weighted by Gasteiger charge is -2.07. The van der Waals surface area contributed by atoms with Crippen LogP contribution in [0.15, 0.2) is 46.1 Å². The normalized spacial score (nSPS) is 10.2. The topological polar surface area (TPSA) is 93.2 Å². The smallest absolute Gasteiger partial charge is 0.328 e. The molecule has 0 atom stereocenters. The maximum absolute atomic E-state index is 11.8. The van der Waals surface area contributed by atoms with Crippen molar-refractivity contribution < 1.29 is 9.53 Å². The van der Waals surface area contributed by atoms with E-state index in [1.54, 1.807) is 7.11 Å². The number of hydrogen-bond donors (Lipinski definition) is 2. The molecule has 0 aliphatic rings. The summed E-state index contributed by atoms with van der Waals surface area (Å²) in [5.74, 6) is 0.585. The van der Waals surface area contributed by atoms with E-state index < -0.39 is 11.2 Å². The molecule has 1 amide bonds. The van der Waals surface area contributed by atoms with Crippen LogP contribution in [0.3, 0.4) is 0 Å². The first kappa shape index (κ1) is 15.6. The van der Waals surface area contributed by atoms with Crippen molar-refractivity contribution in [3.63, 3.8) is 0 Å². The number of rotatable bonds is 6. The molecule has 116 valence electrons. The number of aromatic nitrogens is 2. The molecule has 7 nitrogen and oxygen atoms in total. The second-order valence-corrected chi connectivity index (χ2v) is 4.68. The molecule has 0 radical (unpaired) electrons. The molecular formula is C15H17N3O4. The first-order chi connectivity index (χ1) is 10.6. The van der Waals surface area contributed by atoms with Crippen LogP contribution in [0, 0.1) is 0 Å². The van der Waals surface area contributed by atoms with Crippen LogP contribution in [-0.4, -0.2) is 22.6 Å². The van der Waals surface area contributed by atoms with Crippen molar-refractivity contribution in [3.05, 3.63) is 62.9 Å². The molecule has 0 aliphatic heterocycles. The number of hydrogen-bond acceptors (Lipinski definition) is 4. The van der Waals surface area contributed by atoms with E-state index in [-0.39, 0.29) is 18.9 Å². The minimum atomic E-state index is -0.518. The number of carbonyl (C=O) groups is 1. The molecule has 0 saturated heterocycles. The monoisotopic (exact) mass is 303 g/mol. The van der Waals surface area contributed by atoms with Crippen molar-refractivity contribution in [2.24, 2.45) is 0 Å². The molecule has 0 saturated carbocycles. The lowest BCUT2D eigenvalue weighted by molar-refractivity contribution is -0.121. The van der Waals surface area contributed by atoms with Gasteiger partial charge in [0.1, 0.15) is 5.75 Å². The Bertz CT molecular complexity index is 746. The summed E-state index contributed by atoms with van der Waals surface area (Å²) in [6.45, 7) is 0.618. The Morgan fingerprint density at radius 1 is 1.23 bits per heavy atom. The third-order valence-corrected chi connectivity index (χ3v) is 3.13. The van der Waals surface area contributed by atoms with Gasteiger partial charge in [-0.05, 0) is 17.7 Å². The van der Waals surface area contributed by atoms with Gasteiger partial charge in [0.25, 0.3) is 5.56 Å². The SMILES string of the molecule is COc1ccc(CNC(=O)CCn2ccc(=O)[nH]c2=O)cc1. The highest BCUT2D eigenvalue weighted by atomic mass is 16.5. The second-order valence-electron chi connectivity index (χ2n) is 4.68. The predicted molar refractivity (Wildman–Crippen MR) is 80.8 cm³/mol. The third-order valence-electron chi connectivity index (χ3n) is 3.13. The van der Waals surface area contributed by atoms with E-state index in [9.17, 15) is 14.4 Å². The fourth-order valence-electron chi connectivity index (χ4n) is 1.87. The molecule has 1 aromatic carbocycles. The number of nitrogens with one attached hydrogen (secondary N) is 2. The predicted octanol–water partition coefficient (Wildman–Crippen LogP) is 0.252. The zero-order valence-corrected chi connectivity index (χ0v) is 12.2. The van der Waals surface area contributed by atoms with E-state index in [1.807, 2.05) is 24.3 Å². The van der Waals surface area contributed by atoms with E-state index in [0.29, 0.717) is 6.54 Å². The Kier molecular flexibility index (Phi) is 5.13. The summed E-state index contributed by atoms with van der Waals surface area (Å²) in [5.41, 5.74) is -0.0176. The molecule has 22 heavy (non-hydrogen) atoms. The molecule has 2 rings (SSSR count). The standard InChI is InChI=1S/C15H17N3O4/c1-22-12-4-2-11(3-5-12)10-16-13(19)6-8-18-9-7-14(20)17-15(18)21/h2-5,7,9H,6,8,10H2,1H3,(H,16,19)(H,17,20,21). The van der Waals surface area contributed by atoms with Gasteiger partial charge in [0.05, 0.1) is 7.11 Å². The van der Waals surface area contributed by atoms with Gasteiger partial charge < -0.3 is 14.6 Å². The summed E-state index contributed by atoms with van der Waals surface area (Å²) < 4.78 is 6.34. The zero-order valence-electron chi connectivity index (χ0n) is 12.2. The van der Waals surface area contributed by atoms with Crippen LogP contribution in [0.4, 0.5) is 0 Å². The summed E-state index contributed by atoms with van der Waals surface area (Å²) in [5, 5.41) is 2.77. The van der Waals surface area contributed by atoms with Gasteiger partial charge in [0.15, 0.2) is 0 Å². The van der Waals surface area contributed by atoms with Gasteiger partial charge in [-0.3, -0.25) is 14.6 Å². The lowest BCUT2D eigenvalue weighted by atomic mass is 10.2. The van der Waals surface area contributed by atoms with Crippen LogP contribution in [0.2, 0.25) is 0 Å². The molecule has 2 N–H and O–H groups in total. The van der Waals surface area contributed by atoms with Gasteiger partial charge in [-0.25, -0.2) is 4.79 Å². The van der Waals surface area contributed by atoms with Crippen molar-refractivity contribution in [3.8, 4) is 5.75 Å². The first-order valence-electron chi connectivity index (χ1n) is 6.78. The Morgan fingerprint density at radius 3 is 2.59 bits per heavy atom. The van der Waals surface area contributed by atoms with Crippen LogP contribution >= 0.6 is 0 Å². The summed E-state index contributed by atoms with van der Waals surface area (Å²) in [4.78, 5) is 36.3. The van der Waals surface area contributed by atoms with Gasteiger partial charge in [0.2, 0.25) is 5.91 Å². The molecule has 0 unspecified atom stereocenters. The maximum Gasteiger partial charge on any atom is 0.328 e. The average Bonchev–Trinajstić information content (AvgIpc) is 2.52. The van der Waals surface area contributed by atoms with E-state index in [0.717, 1.165) is 11.3 Å². The number of aromatic amines is 1. The Balaban J connectivity index is 1.82. The highest BCUT2D eigenvalue weighted by molar-refractivity contribution is 5.75. The Morgan fingerprint density at radius 2 is 1.95 bits per heavy atom. The van der Waals surface area contributed by atoms with Crippen molar-refractivity contribution in [1.29, 1.82) is 0 Å². The van der Waals surface area contributed by atoms with Gasteiger partial charge in [-0.15, -0.1) is 0 Å². The summed E-state index contributed by atoms with van der Waals surface area (Å²) in [6.07, 6.45) is 1.53. The van der Waals surface area contributed by atoms with Crippen LogP contribution in [-0.2, 0) is 17.9 Å². The molecular weight excluding hydrogens is 286 g/mol. The van der Waals surface area contributed by atoms with Crippen LogP contribution < -0.4 is 21.3 Å². The van der Waals surface area contributed by atoms with Gasteiger partial charge in [-0.2, -0.15) is 0 Å². The number of methoxy groups -OCH3 is 1. The number of nitrogens with zero attached hydrogens (tertiary/aromatic N) is 1. The van der Waals surface area contributed by atoms with Crippen molar-refractivity contribution in [2.45, 2.75) is 19.5 Å². The fraction of sp³-hybridized carbons (Fsp3) is 0.267. The largest absolute Gasteiger partial charge is 0.497 e. The first-order valence-corrected chi connectivity index (χ1v) is 6.78. The van der Waals surface area contributed by atoms with Crippen LogP contribution in [0.5, 0.6) is 5.75 Å². The molecule has 2 aromatic rings. The fourth-order valence-corrected chi connectivity index (χ4v) is 1.87. The number of amides is 1. The second kappa shape index (κ2) is 7.26. The molecule has 0 aliphatic carbocycles. The van der Waals surface area contributed by atoms with E-state index >= 15 is 0 Å². The molecule has 1 aromatic heterocycles. The highest BCUT2D eigenvalue weighted by Gasteiger charge is 2.04. The van der Waals surface area contributed by atoms with Crippen molar-refractivity contribution >= 4 is 5.91 Å². The number of carbonyl (C=O) groups excluding carboxylic acids is 1. The average molecular weight is 303 g/mol. The molecule has 7 heteroatoms. The minimum Gasteiger partial charge on any atom is -0.497 e. The van der Waals surface area contributed by atoms with Gasteiger partial charge >= 0.3 is 5.69 Å². The zero-order chi connectivity index (χ0) is 15.9. The number of H-pyrrole nitrogens is 1. The van der Waals surface area contributed by atoms with E-state index in [1.165, 1.54) is 16.8 Å². The lowest BCUT2D eigenvalue weighted by Crippen LogP contribution is -2.31. The van der Waals surface area contributed by atoms with Crippen LogP contribution in [0.1, 0.15) is 12.0 Å². The van der Waals surface area contributed by atoms with Crippen LogP contribution in [0.25, 0.3) is 0 Å². The molecule has 0 bridgehead atoms.